The molecule has 1 atom stereocenters. The Hall–Kier alpha value is -2.31. The molecule has 6 heteroatoms. The Morgan fingerprint density at radius 2 is 2.24 bits per heavy atom. The third kappa shape index (κ3) is 3.07. The molecule has 0 saturated carbocycles. The van der Waals surface area contributed by atoms with E-state index in [0.29, 0.717) is 17.1 Å². The topological polar surface area (TPSA) is 75.6 Å². The normalized spacial score (nSPS) is 12.2. The van der Waals surface area contributed by atoms with Crippen LogP contribution in [0, 0.1) is 0 Å². The number of furan rings is 2. The Balaban J connectivity index is 1.61. The van der Waals surface area contributed by atoms with Crippen LogP contribution in [0.25, 0.3) is 10.6 Å². The van der Waals surface area contributed by atoms with Crippen LogP contribution in [-0.2, 0) is 0 Å². The first-order valence-electron chi connectivity index (χ1n) is 6.36. The van der Waals surface area contributed by atoms with Crippen LogP contribution < -0.4 is 5.32 Å². The Morgan fingerprint density at radius 3 is 2.95 bits per heavy atom. The second-order valence-electron chi connectivity index (χ2n) is 4.42. The minimum Gasteiger partial charge on any atom is -0.472 e. The number of aliphatic hydroxyl groups is 1. The van der Waals surface area contributed by atoms with Gasteiger partial charge in [-0.3, -0.25) is 4.79 Å². The summed E-state index contributed by atoms with van der Waals surface area (Å²) < 4.78 is 10.4. The molecule has 0 aromatic carbocycles. The van der Waals surface area contributed by atoms with Crippen molar-refractivity contribution in [2.75, 3.05) is 6.54 Å². The zero-order valence-electron chi connectivity index (χ0n) is 11.0. The standard InChI is InChI=1S/C15H13NO4S/c17-11(8-16-15(18)10-5-6-19-9-10)12-3-4-13(20-12)14-2-1-7-21-14/h1-7,9,11,17H,8H2,(H,16,18). The van der Waals surface area contributed by atoms with Crippen LogP contribution in [0.3, 0.4) is 0 Å². The van der Waals surface area contributed by atoms with Gasteiger partial charge in [0.05, 0.1) is 23.2 Å². The monoisotopic (exact) mass is 303 g/mol. The summed E-state index contributed by atoms with van der Waals surface area (Å²) in [6, 6.07) is 8.96. The lowest BCUT2D eigenvalue weighted by Crippen LogP contribution is -2.27. The number of carbonyl (C=O) groups is 1. The van der Waals surface area contributed by atoms with Crippen molar-refractivity contribution >= 4 is 17.2 Å². The molecule has 5 nitrogen and oxygen atoms in total. The van der Waals surface area contributed by atoms with Crippen LogP contribution in [0.1, 0.15) is 22.2 Å². The van der Waals surface area contributed by atoms with Gasteiger partial charge in [0.15, 0.2) is 0 Å². The minimum absolute atomic E-state index is 0.0708. The molecular weight excluding hydrogens is 290 g/mol. The van der Waals surface area contributed by atoms with E-state index in [1.807, 2.05) is 23.6 Å². The number of aliphatic hydroxyl groups excluding tert-OH is 1. The molecule has 3 rings (SSSR count). The molecule has 0 fully saturated rings. The Labute approximate surface area is 124 Å². The van der Waals surface area contributed by atoms with Gasteiger partial charge in [0.25, 0.3) is 5.91 Å². The van der Waals surface area contributed by atoms with E-state index < -0.39 is 6.10 Å². The summed E-state index contributed by atoms with van der Waals surface area (Å²) in [5, 5.41) is 14.6. The summed E-state index contributed by atoms with van der Waals surface area (Å²) in [5.41, 5.74) is 0.418. The largest absolute Gasteiger partial charge is 0.472 e. The van der Waals surface area contributed by atoms with E-state index in [0.717, 1.165) is 4.88 Å². The van der Waals surface area contributed by atoms with Gasteiger partial charge >= 0.3 is 0 Å². The molecule has 1 unspecified atom stereocenters. The molecule has 3 aromatic rings. The molecular formula is C15H13NO4S. The zero-order chi connectivity index (χ0) is 14.7. The van der Waals surface area contributed by atoms with E-state index >= 15 is 0 Å². The van der Waals surface area contributed by atoms with Crippen LogP contribution in [0.4, 0.5) is 0 Å². The van der Waals surface area contributed by atoms with Crippen molar-refractivity contribution < 1.29 is 18.7 Å². The van der Waals surface area contributed by atoms with Crippen molar-refractivity contribution in [3.8, 4) is 10.6 Å². The summed E-state index contributed by atoms with van der Waals surface area (Å²) in [5.74, 6) is 0.832. The highest BCUT2D eigenvalue weighted by molar-refractivity contribution is 7.13. The van der Waals surface area contributed by atoms with Crippen molar-refractivity contribution in [2.24, 2.45) is 0 Å². The van der Waals surface area contributed by atoms with Gasteiger partial charge in [0.1, 0.15) is 23.9 Å². The molecule has 0 radical (unpaired) electrons. The van der Waals surface area contributed by atoms with E-state index in [2.05, 4.69) is 5.32 Å². The van der Waals surface area contributed by atoms with Gasteiger partial charge in [0, 0.05) is 0 Å². The maximum absolute atomic E-state index is 11.7. The van der Waals surface area contributed by atoms with Gasteiger partial charge in [-0.1, -0.05) is 6.07 Å². The Morgan fingerprint density at radius 1 is 1.33 bits per heavy atom. The van der Waals surface area contributed by atoms with E-state index in [4.69, 9.17) is 8.83 Å². The maximum Gasteiger partial charge on any atom is 0.254 e. The van der Waals surface area contributed by atoms with Crippen LogP contribution in [0.5, 0.6) is 0 Å². The van der Waals surface area contributed by atoms with Crippen LogP contribution in [-0.4, -0.2) is 17.6 Å². The summed E-state index contributed by atoms with van der Waals surface area (Å²) in [6.07, 6.45) is 1.88. The lowest BCUT2D eigenvalue weighted by atomic mass is 10.2. The molecule has 108 valence electrons. The van der Waals surface area contributed by atoms with E-state index in [9.17, 15) is 9.90 Å². The fraction of sp³-hybridized carbons (Fsp3) is 0.133. The fourth-order valence-corrected chi connectivity index (χ4v) is 2.56. The summed E-state index contributed by atoms with van der Waals surface area (Å²) in [4.78, 5) is 12.7. The molecule has 0 saturated heterocycles. The van der Waals surface area contributed by atoms with E-state index in [-0.39, 0.29) is 12.5 Å². The third-order valence-electron chi connectivity index (χ3n) is 2.96. The third-order valence-corrected chi connectivity index (χ3v) is 3.84. The average molecular weight is 303 g/mol. The molecule has 3 aromatic heterocycles. The number of hydrogen-bond acceptors (Lipinski definition) is 5. The predicted octanol–water partition coefficient (Wildman–Crippen LogP) is 3.06. The van der Waals surface area contributed by atoms with Crippen molar-refractivity contribution in [3.05, 3.63) is 59.6 Å². The number of rotatable bonds is 5. The highest BCUT2D eigenvalue weighted by atomic mass is 32.1. The van der Waals surface area contributed by atoms with Crippen molar-refractivity contribution in [3.63, 3.8) is 0 Å². The lowest BCUT2D eigenvalue weighted by Gasteiger charge is -2.08. The summed E-state index contributed by atoms with van der Waals surface area (Å²) in [6.45, 7) is 0.0708. The number of amides is 1. The minimum atomic E-state index is -0.894. The number of hydrogen-bond donors (Lipinski definition) is 2. The molecule has 0 aliphatic rings. The second-order valence-corrected chi connectivity index (χ2v) is 5.36. The first kappa shape index (κ1) is 13.7. The van der Waals surface area contributed by atoms with Gasteiger partial charge in [-0.15, -0.1) is 11.3 Å². The van der Waals surface area contributed by atoms with Gasteiger partial charge in [-0.2, -0.15) is 0 Å². The number of carbonyl (C=O) groups excluding carboxylic acids is 1. The molecule has 3 heterocycles. The molecule has 0 aliphatic carbocycles. The molecule has 0 aliphatic heterocycles. The van der Waals surface area contributed by atoms with Gasteiger partial charge in [0.2, 0.25) is 0 Å². The molecule has 2 N–H and O–H groups in total. The number of thiophene rings is 1. The smallest absolute Gasteiger partial charge is 0.254 e. The first-order valence-corrected chi connectivity index (χ1v) is 7.24. The van der Waals surface area contributed by atoms with Crippen molar-refractivity contribution in [1.82, 2.24) is 5.32 Å². The van der Waals surface area contributed by atoms with E-state index in [1.54, 1.807) is 23.5 Å². The first-order chi connectivity index (χ1) is 10.2. The van der Waals surface area contributed by atoms with Crippen LogP contribution in [0.15, 0.2) is 57.1 Å². The van der Waals surface area contributed by atoms with Crippen LogP contribution >= 0.6 is 11.3 Å². The van der Waals surface area contributed by atoms with Crippen molar-refractivity contribution in [1.29, 1.82) is 0 Å². The zero-order valence-corrected chi connectivity index (χ0v) is 11.8. The molecule has 0 bridgehead atoms. The average Bonchev–Trinajstić information content (AvgIpc) is 3.25. The second kappa shape index (κ2) is 5.99. The highest BCUT2D eigenvalue weighted by Crippen LogP contribution is 2.28. The molecule has 21 heavy (non-hydrogen) atoms. The molecule has 1 amide bonds. The van der Waals surface area contributed by atoms with Gasteiger partial charge in [-0.05, 0) is 29.6 Å². The fourth-order valence-electron chi connectivity index (χ4n) is 1.87. The number of nitrogens with one attached hydrogen (secondary N) is 1. The summed E-state index contributed by atoms with van der Waals surface area (Å²) in [7, 11) is 0. The lowest BCUT2D eigenvalue weighted by molar-refractivity contribution is 0.0901. The van der Waals surface area contributed by atoms with Crippen molar-refractivity contribution in [2.45, 2.75) is 6.10 Å². The SMILES string of the molecule is O=C(NCC(O)c1ccc(-c2cccs2)o1)c1ccoc1. The summed E-state index contributed by atoms with van der Waals surface area (Å²) >= 11 is 1.56. The molecule has 0 spiro atoms. The van der Waals surface area contributed by atoms with Crippen LogP contribution in [0.2, 0.25) is 0 Å². The predicted molar refractivity (Wildman–Crippen MR) is 78.0 cm³/mol. The van der Waals surface area contributed by atoms with Gasteiger partial charge in [-0.25, -0.2) is 0 Å². The Bertz CT molecular complexity index is 700. The van der Waals surface area contributed by atoms with E-state index in [1.165, 1.54) is 12.5 Å². The maximum atomic E-state index is 11.7. The Kier molecular flexibility index (Phi) is 3.89. The highest BCUT2D eigenvalue weighted by Gasteiger charge is 2.15. The van der Waals surface area contributed by atoms with Gasteiger partial charge < -0.3 is 19.3 Å². The quantitative estimate of drug-likeness (QED) is 0.759.